The van der Waals surface area contributed by atoms with Crippen LogP contribution in [0.2, 0.25) is 5.02 Å². The van der Waals surface area contributed by atoms with Gasteiger partial charge in [0.25, 0.3) is 0 Å². The van der Waals surface area contributed by atoms with Crippen LogP contribution in [0.1, 0.15) is 23.9 Å². The molecule has 106 valence electrons. The Morgan fingerprint density at radius 1 is 1.45 bits per heavy atom. The number of rotatable bonds is 5. The zero-order valence-corrected chi connectivity index (χ0v) is 13.0. The van der Waals surface area contributed by atoms with Crippen LogP contribution in [0.4, 0.5) is 0 Å². The predicted octanol–water partition coefficient (Wildman–Crippen LogP) is 2.85. The highest BCUT2D eigenvalue weighted by atomic mass is 35.5. The SMILES string of the molecule is CCc1cc(COc2ccc(C(N)=S)c(Cl)c2)n(C)n1. The summed E-state index contributed by atoms with van der Waals surface area (Å²) in [5.41, 5.74) is 8.28. The van der Waals surface area contributed by atoms with Crippen LogP contribution < -0.4 is 10.5 Å². The van der Waals surface area contributed by atoms with Crippen LogP contribution in [0.5, 0.6) is 5.75 Å². The molecule has 0 aliphatic rings. The Kier molecular flexibility index (Phi) is 4.62. The molecule has 1 aromatic heterocycles. The standard InChI is InChI=1S/C14H16ClN3OS/c1-3-9-6-10(18(2)17-9)8-19-11-4-5-12(14(16)20)13(15)7-11/h4-7H,3,8H2,1-2H3,(H2,16,20). The Labute approximate surface area is 128 Å². The molecule has 0 bridgehead atoms. The first-order chi connectivity index (χ1) is 9.51. The van der Waals surface area contributed by atoms with Gasteiger partial charge in [-0.2, -0.15) is 5.10 Å². The molecule has 6 heteroatoms. The minimum absolute atomic E-state index is 0.278. The Bertz CT molecular complexity index is 639. The maximum absolute atomic E-state index is 6.10. The van der Waals surface area contributed by atoms with Gasteiger partial charge >= 0.3 is 0 Å². The molecule has 20 heavy (non-hydrogen) atoms. The Balaban J connectivity index is 2.09. The third-order valence-electron chi connectivity index (χ3n) is 2.98. The van der Waals surface area contributed by atoms with Gasteiger partial charge in [-0.1, -0.05) is 30.7 Å². The molecule has 0 unspecified atom stereocenters. The van der Waals surface area contributed by atoms with E-state index in [4.69, 9.17) is 34.3 Å². The van der Waals surface area contributed by atoms with Crippen molar-refractivity contribution in [1.82, 2.24) is 9.78 Å². The Morgan fingerprint density at radius 2 is 2.20 bits per heavy atom. The maximum Gasteiger partial charge on any atom is 0.130 e. The first-order valence-electron chi connectivity index (χ1n) is 6.25. The fraction of sp³-hybridized carbons (Fsp3) is 0.286. The molecule has 2 N–H and O–H groups in total. The normalized spacial score (nSPS) is 10.6. The summed E-state index contributed by atoms with van der Waals surface area (Å²) in [7, 11) is 1.90. The number of hydrogen-bond donors (Lipinski definition) is 1. The molecular formula is C14H16ClN3OS. The molecule has 1 aromatic carbocycles. The van der Waals surface area contributed by atoms with E-state index in [1.807, 2.05) is 17.8 Å². The third-order valence-corrected chi connectivity index (χ3v) is 3.51. The number of aromatic nitrogens is 2. The molecule has 1 heterocycles. The maximum atomic E-state index is 6.10. The smallest absolute Gasteiger partial charge is 0.130 e. The minimum atomic E-state index is 0.278. The summed E-state index contributed by atoms with van der Waals surface area (Å²) >= 11 is 11.0. The van der Waals surface area contributed by atoms with Crippen LogP contribution >= 0.6 is 23.8 Å². The van der Waals surface area contributed by atoms with Crippen LogP contribution in [0.3, 0.4) is 0 Å². The lowest BCUT2D eigenvalue weighted by atomic mass is 10.2. The van der Waals surface area contributed by atoms with E-state index in [1.165, 1.54) is 0 Å². The fourth-order valence-corrected chi connectivity index (χ4v) is 2.33. The van der Waals surface area contributed by atoms with Gasteiger partial charge in [0.1, 0.15) is 17.3 Å². The lowest BCUT2D eigenvalue weighted by molar-refractivity contribution is 0.295. The van der Waals surface area contributed by atoms with E-state index < -0.39 is 0 Å². The van der Waals surface area contributed by atoms with Crippen LogP contribution in [0.25, 0.3) is 0 Å². The summed E-state index contributed by atoms with van der Waals surface area (Å²) in [6.45, 7) is 2.51. The number of thiocarbonyl (C=S) groups is 1. The van der Waals surface area contributed by atoms with Crippen molar-refractivity contribution in [3.8, 4) is 5.75 Å². The summed E-state index contributed by atoms with van der Waals surface area (Å²) in [5.74, 6) is 0.675. The van der Waals surface area contributed by atoms with Gasteiger partial charge in [0.2, 0.25) is 0 Å². The van der Waals surface area contributed by atoms with Gasteiger partial charge in [-0.3, -0.25) is 4.68 Å². The largest absolute Gasteiger partial charge is 0.487 e. The monoisotopic (exact) mass is 309 g/mol. The molecule has 2 aromatic rings. The molecular weight excluding hydrogens is 294 g/mol. The van der Waals surface area contributed by atoms with Crippen LogP contribution in [-0.2, 0) is 20.1 Å². The summed E-state index contributed by atoms with van der Waals surface area (Å²) in [4.78, 5) is 0.278. The van der Waals surface area contributed by atoms with Crippen molar-refractivity contribution in [3.05, 3.63) is 46.2 Å². The van der Waals surface area contributed by atoms with Gasteiger partial charge < -0.3 is 10.5 Å². The average Bonchev–Trinajstić information content (AvgIpc) is 2.76. The van der Waals surface area contributed by atoms with Gasteiger partial charge in [-0.15, -0.1) is 0 Å². The minimum Gasteiger partial charge on any atom is -0.487 e. The Morgan fingerprint density at radius 3 is 2.75 bits per heavy atom. The summed E-state index contributed by atoms with van der Waals surface area (Å²) < 4.78 is 7.54. The number of aryl methyl sites for hydroxylation is 2. The molecule has 0 radical (unpaired) electrons. The highest BCUT2D eigenvalue weighted by Crippen LogP contribution is 2.23. The van der Waals surface area contributed by atoms with Crippen LogP contribution in [-0.4, -0.2) is 14.8 Å². The lowest BCUT2D eigenvalue weighted by Gasteiger charge is -2.08. The predicted molar refractivity (Wildman–Crippen MR) is 84.3 cm³/mol. The summed E-state index contributed by atoms with van der Waals surface area (Å²) in [6.07, 6.45) is 0.905. The topological polar surface area (TPSA) is 53.1 Å². The van der Waals surface area contributed by atoms with Crippen molar-refractivity contribution in [2.75, 3.05) is 0 Å². The molecule has 0 amide bonds. The zero-order chi connectivity index (χ0) is 14.7. The lowest BCUT2D eigenvalue weighted by Crippen LogP contribution is -2.10. The second kappa shape index (κ2) is 6.24. The zero-order valence-electron chi connectivity index (χ0n) is 11.4. The molecule has 4 nitrogen and oxygen atoms in total. The Hall–Kier alpha value is -1.59. The third kappa shape index (κ3) is 3.29. The van der Waals surface area contributed by atoms with E-state index in [1.54, 1.807) is 18.2 Å². The molecule has 0 saturated carbocycles. The second-order valence-electron chi connectivity index (χ2n) is 4.40. The van der Waals surface area contributed by atoms with E-state index in [9.17, 15) is 0 Å². The number of nitrogens with zero attached hydrogens (tertiary/aromatic N) is 2. The van der Waals surface area contributed by atoms with E-state index in [0.717, 1.165) is 17.8 Å². The number of halogens is 1. The number of benzene rings is 1. The van der Waals surface area contributed by atoms with E-state index >= 15 is 0 Å². The van der Waals surface area contributed by atoms with Gasteiger partial charge in [0.15, 0.2) is 0 Å². The van der Waals surface area contributed by atoms with Crippen LogP contribution in [0, 0.1) is 0 Å². The van der Waals surface area contributed by atoms with Crippen molar-refractivity contribution in [2.24, 2.45) is 12.8 Å². The molecule has 0 saturated heterocycles. The highest BCUT2D eigenvalue weighted by molar-refractivity contribution is 7.80. The van der Waals surface area contributed by atoms with E-state index in [-0.39, 0.29) is 4.99 Å². The molecule has 0 aliphatic heterocycles. The van der Waals surface area contributed by atoms with Crippen molar-refractivity contribution in [3.63, 3.8) is 0 Å². The molecule has 2 rings (SSSR count). The highest BCUT2D eigenvalue weighted by Gasteiger charge is 2.07. The first-order valence-corrected chi connectivity index (χ1v) is 7.03. The number of nitrogens with two attached hydrogens (primary N) is 1. The van der Waals surface area contributed by atoms with Crippen LogP contribution in [0.15, 0.2) is 24.3 Å². The van der Waals surface area contributed by atoms with Crippen molar-refractivity contribution < 1.29 is 4.74 Å². The molecule has 0 aliphatic carbocycles. The summed E-state index contributed by atoms with van der Waals surface area (Å²) in [5, 5.41) is 4.87. The molecule has 0 spiro atoms. The molecule has 0 atom stereocenters. The average molecular weight is 310 g/mol. The number of hydrogen-bond acceptors (Lipinski definition) is 3. The first kappa shape index (κ1) is 14.8. The second-order valence-corrected chi connectivity index (χ2v) is 5.25. The van der Waals surface area contributed by atoms with Gasteiger partial charge in [0.05, 0.1) is 16.4 Å². The molecule has 0 fully saturated rings. The van der Waals surface area contributed by atoms with Crippen molar-refractivity contribution in [2.45, 2.75) is 20.0 Å². The quantitative estimate of drug-likeness (QED) is 0.863. The van der Waals surface area contributed by atoms with E-state index in [0.29, 0.717) is 22.9 Å². The van der Waals surface area contributed by atoms with Crippen molar-refractivity contribution >= 4 is 28.8 Å². The van der Waals surface area contributed by atoms with Crippen molar-refractivity contribution in [1.29, 1.82) is 0 Å². The van der Waals surface area contributed by atoms with Gasteiger partial charge in [0, 0.05) is 12.6 Å². The van der Waals surface area contributed by atoms with E-state index in [2.05, 4.69) is 12.0 Å². The van der Waals surface area contributed by atoms with Gasteiger partial charge in [-0.05, 0) is 30.7 Å². The van der Waals surface area contributed by atoms with Gasteiger partial charge in [-0.25, -0.2) is 0 Å². The fourth-order valence-electron chi connectivity index (χ4n) is 1.82. The number of ether oxygens (including phenoxy) is 1. The summed E-state index contributed by atoms with van der Waals surface area (Å²) in [6, 6.07) is 7.32.